The van der Waals surface area contributed by atoms with Gasteiger partial charge in [-0.3, -0.25) is 4.72 Å². The van der Waals surface area contributed by atoms with Crippen molar-refractivity contribution in [3.8, 4) is 0 Å². The lowest BCUT2D eigenvalue weighted by Gasteiger charge is -2.18. The lowest BCUT2D eigenvalue weighted by molar-refractivity contribution is 0.276. The van der Waals surface area contributed by atoms with Crippen LogP contribution in [0.25, 0.3) is 0 Å². The molecule has 0 fully saturated rings. The lowest BCUT2D eigenvalue weighted by Crippen LogP contribution is -2.34. The van der Waals surface area contributed by atoms with Crippen LogP contribution in [0.5, 0.6) is 0 Å². The number of hydrogen-bond acceptors (Lipinski definition) is 4. The zero-order valence-electron chi connectivity index (χ0n) is 10.2. The predicted octanol–water partition coefficient (Wildman–Crippen LogP) is 1.12. The summed E-state index contributed by atoms with van der Waals surface area (Å²) in [6, 6.07) is 1.78. The molecule has 0 aliphatic heterocycles. The quantitative estimate of drug-likeness (QED) is 0.814. The van der Waals surface area contributed by atoms with Crippen LogP contribution in [-0.2, 0) is 10.2 Å². The fraction of sp³-hybridized carbons (Fsp3) is 0.500. The Hall–Kier alpha value is -0.700. The van der Waals surface area contributed by atoms with Crippen LogP contribution >= 0.6 is 15.9 Å². The fourth-order valence-corrected chi connectivity index (χ4v) is 2.69. The minimum Gasteiger partial charge on any atom is -0.396 e. The Morgan fingerprint density at radius 2 is 2.22 bits per heavy atom. The maximum absolute atomic E-state index is 11.9. The number of nitrogens with zero attached hydrogens (tertiary/aromatic N) is 2. The molecule has 18 heavy (non-hydrogen) atoms. The summed E-state index contributed by atoms with van der Waals surface area (Å²) in [6.07, 6.45) is 1.92. The Kier molecular flexibility index (Phi) is 5.51. The number of aromatic nitrogens is 1. The van der Waals surface area contributed by atoms with Gasteiger partial charge in [-0.05, 0) is 40.9 Å². The Labute approximate surface area is 115 Å². The number of halogens is 1. The molecule has 102 valence electrons. The number of pyridine rings is 1. The fourth-order valence-electron chi connectivity index (χ4n) is 1.26. The van der Waals surface area contributed by atoms with Gasteiger partial charge in [0.2, 0.25) is 0 Å². The molecule has 8 heteroatoms. The third-order valence-corrected chi connectivity index (χ3v) is 4.20. The second kappa shape index (κ2) is 6.46. The first-order valence-electron chi connectivity index (χ1n) is 5.34. The van der Waals surface area contributed by atoms with E-state index in [4.69, 9.17) is 5.11 Å². The van der Waals surface area contributed by atoms with Crippen LogP contribution in [0, 0.1) is 6.92 Å². The van der Waals surface area contributed by atoms with E-state index in [1.807, 2.05) is 0 Å². The minimum atomic E-state index is -3.63. The van der Waals surface area contributed by atoms with Gasteiger partial charge in [-0.2, -0.15) is 12.7 Å². The monoisotopic (exact) mass is 337 g/mol. The van der Waals surface area contributed by atoms with Crippen LogP contribution in [0.1, 0.15) is 12.0 Å². The molecule has 1 rings (SSSR count). The molecule has 0 unspecified atom stereocenters. The molecule has 1 heterocycles. The summed E-state index contributed by atoms with van der Waals surface area (Å²) in [5.41, 5.74) is 0.725. The highest BCUT2D eigenvalue weighted by Gasteiger charge is 2.18. The van der Waals surface area contributed by atoms with Gasteiger partial charge in [-0.1, -0.05) is 0 Å². The average molecular weight is 338 g/mol. The van der Waals surface area contributed by atoms with Crippen molar-refractivity contribution in [3.63, 3.8) is 0 Å². The van der Waals surface area contributed by atoms with Crippen molar-refractivity contribution in [2.24, 2.45) is 0 Å². The second-order valence-electron chi connectivity index (χ2n) is 3.82. The summed E-state index contributed by atoms with van der Waals surface area (Å²) in [7, 11) is -2.18. The third-order valence-electron chi connectivity index (χ3n) is 2.31. The zero-order chi connectivity index (χ0) is 13.8. The van der Waals surface area contributed by atoms with E-state index in [1.165, 1.54) is 13.2 Å². The van der Waals surface area contributed by atoms with Gasteiger partial charge in [-0.25, -0.2) is 4.98 Å². The van der Waals surface area contributed by atoms with Crippen LogP contribution in [0.4, 0.5) is 5.82 Å². The van der Waals surface area contributed by atoms with Crippen molar-refractivity contribution in [1.29, 1.82) is 0 Å². The van der Waals surface area contributed by atoms with Crippen molar-refractivity contribution in [3.05, 3.63) is 22.3 Å². The van der Waals surface area contributed by atoms with E-state index in [1.54, 1.807) is 13.0 Å². The number of nitrogens with one attached hydrogen (secondary N) is 1. The van der Waals surface area contributed by atoms with Gasteiger partial charge in [0.25, 0.3) is 0 Å². The van der Waals surface area contributed by atoms with Gasteiger partial charge in [0.05, 0.1) is 0 Å². The van der Waals surface area contributed by atoms with Crippen molar-refractivity contribution >= 4 is 32.0 Å². The van der Waals surface area contributed by atoms with Crippen LogP contribution in [0.2, 0.25) is 0 Å². The lowest BCUT2D eigenvalue weighted by atomic mass is 10.3. The number of aryl methyl sites for hydroxylation is 1. The van der Waals surface area contributed by atoms with E-state index in [0.717, 1.165) is 14.3 Å². The highest BCUT2D eigenvalue weighted by atomic mass is 79.9. The van der Waals surface area contributed by atoms with Gasteiger partial charge < -0.3 is 5.11 Å². The number of hydrogen-bond donors (Lipinski definition) is 2. The Balaban J connectivity index is 2.82. The molecular weight excluding hydrogens is 322 g/mol. The molecule has 0 atom stereocenters. The first kappa shape index (κ1) is 15.4. The molecule has 0 radical (unpaired) electrons. The Morgan fingerprint density at radius 1 is 1.56 bits per heavy atom. The molecule has 0 aromatic carbocycles. The van der Waals surface area contributed by atoms with Crippen LogP contribution < -0.4 is 4.72 Å². The van der Waals surface area contributed by atoms with Crippen molar-refractivity contribution in [1.82, 2.24) is 9.29 Å². The Bertz CT molecular complexity index is 507. The minimum absolute atomic E-state index is 0.0462. The van der Waals surface area contributed by atoms with E-state index in [-0.39, 0.29) is 13.2 Å². The summed E-state index contributed by atoms with van der Waals surface area (Å²) in [4.78, 5) is 4.01. The van der Waals surface area contributed by atoms with Crippen molar-refractivity contribution in [2.75, 3.05) is 24.9 Å². The summed E-state index contributed by atoms with van der Waals surface area (Å²) in [6.45, 7) is 1.97. The number of anilines is 1. The van der Waals surface area contributed by atoms with Crippen LogP contribution in [-0.4, -0.2) is 43.0 Å². The molecule has 0 saturated heterocycles. The number of rotatable bonds is 6. The maximum atomic E-state index is 11.9. The van der Waals surface area contributed by atoms with Crippen molar-refractivity contribution < 1.29 is 13.5 Å². The molecule has 1 aromatic heterocycles. The van der Waals surface area contributed by atoms with E-state index >= 15 is 0 Å². The summed E-state index contributed by atoms with van der Waals surface area (Å²) in [5, 5.41) is 8.69. The topological polar surface area (TPSA) is 82.5 Å². The van der Waals surface area contributed by atoms with Crippen LogP contribution in [0.3, 0.4) is 0 Å². The molecule has 0 amide bonds. The van der Waals surface area contributed by atoms with Gasteiger partial charge in [0.1, 0.15) is 5.82 Å². The summed E-state index contributed by atoms with van der Waals surface area (Å²) >= 11 is 3.26. The van der Waals surface area contributed by atoms with Gasteiger partial charge >= 0.3 is 10.2 Å². The first-order valence-corrected chi connectivity index (χ1v) is 7.57. The maximum Gasteiger partial charge on any atom is 0.302 e. The van der Waals surface area contributed by atoms with Gasteiger partial charge in [-0.15, -0.1) is 0 Å². The molecule has 0 bridgehead atoms. The molecule has 0 saturated carbocycles. The van der Waals surface area contributed by atoms with E-state index < -0.39 is 10.2 Å². The molecule has 0 aliphatic carbocycles. The zero-order valence-corrected chi connectivity index (χ0v) is 12.6. The Morgan fingerprint density at radius 3 is 2.78 bits per heavy atom. The normalized spacial score (nSPS) is 11.8. The number of aliphatic hydroxyl groups is 1. The van der Waals surface area contributed by atoms with Crippen molar-refractivity contribution in [2.45, 2.75) is 13.3 Å². The molecule has 1 aromatic rings. The second-order valence-corrected chi connectivity index (χ2v) is 6.52. The molecule has 6 nitrogen and oxygen atoms in total. The summed E-state index contributed by atoms with van der Waals surface area (Å²) < 4.78 is 28.2. The summed E-state index contributed by atoms with van der Waals surface area (Å²) in [5.74, 6) is 0.300. The van der Waals surface area contributed by atoms with Crippen LogP contribution in [0.15, 0.2) is 16.7 Å². The molecule has 2 N–H and O–H groups in total. The standard InChI is InChI=1S/C10H16BrN3O3S/c1-8-6-9(11)7-12-10(8)13-18(16,17)14(2)4-3-5-15/h6-7,15H,3-5H2,1-2H3,(H,12,13). The molecular formula is C10H16BrN3O3S. The first-order chi connectivity index (χ1) is 8.36. The van der Waals surface area contributed by atoms with Gasteiger partial charge in [0.15, 0.2) is 0 Å². The SMILES string of the molecule is Cc1cc(Br)cnc1NS(=O)(=O)N(C)CCCO. The molecule has 0 spiro atoms. The van der Waals surface area contributed by atoms with Gasteiger partial charge in [0, 0.05) is 30.9 Å². The average Bonchev–Trinajstić information content (AvgIpc) is 2.29. The highest BCUT2D eigenvalue weighted by molar-refractivity contribution is 9.10. The van der Waals surface area contributed by atoms with E-state index in [0.29, 0.717) is 12.2 Å². The third kappa shape index (κ3) is 4.20. The number of aliphatic hydroxyl groups excluding tert-OH is 1. The predicted molar refractivity (Wildman–Crippen MR) is 73.5 cm³/mol. The highest BCUT2D eigenvalue weighted by Crippen LogP contribution is 2.18. The largest absolute Gasteiger partial charge is 0.396 e. The smallest absolute Gasteiger partial charge is 0.302 e. The van der Waals surface area contributed by atoms with E-state index in [2.05, 4.69) is 25.6 Å². The molecule has 0 aliphatic rings. The van der Waals surface area contributed by atoms with E-state index in [9.17, 15) is 8.42 Å².